The van der Waals surface area contributed by atoms with Gasteiger partial charge in [-0.2, -0.15) is 4.52 Å². The molecule has 9 heteroatoms. The smallest absolute Gasteiger partial charge is 0.324 e. The van der Waals surface area contributed by atoms with Gasteiger partial charge in [-0.1, -0.05) is 11.3 Å². The third-order valence-corrected chi connectivity index (χ3v) is 3.31. The maximum Gasteiger partial charge on any atom is 0.324 e. The van der Waals surface area contributed by atoms with E-state index >= 15 is 0 Å². The molecule has 0 atom stereocenters. The normalized spacial score (nSPS) is 10.9. The van der Waals surface area contributed by atoms with Gasteiger partial charge in [-0.15, -0.1) is 15.3 Å². The van der Waals surface area contributed by atoms with E-state index in [0.29, 0.717) is 22.2 Å². The van der Waals surface area contributed by atoms with Gasteiger partial charge in [0.05, 0.1) is 9.80 Å². The SMILES string of the molecule is Nc1ccc2nnc(-c3ccc([N+](=O)[O-])s3)n2n1. The van der Waals surface area contributed by atoms with E-state index in [1.807, 2.05) is 0 Å². The number of thiophene rings is 1. The molecule has 90 valence electrons. The van der Waals surface area contributed by atoms with Gasteiger partial charge in [0.15, 0.2) is 11.5 Å². The van der Waals surface area contributed by atoms with Crippen LogP contribution >= 0.6 is 11.3 Å². The van der Waals surface area contributed by atoms with Crippen LogP contribution < -0.4 is 5.73 Å². The zero-order valence-corrected chi connectivity index (χ0v) is 9.66. The predicted molar refractivity (Wildman–Crippen MR) is 65.2 cm³/mol. The predicted octanol–water partition coefficient (Wildman–Crippen LogP) is 1.34. The highest BCUT2D eigenvalue weighted by atomic mass is 32.1. The first kappa shape index (κ1) is 10.6. The Labute approximate surface area is 104 Å². The second kappa shape index (κ2) is 3.74. The van der Waals surface area contributed by atoms with Crippen LogP contribution in [0.25, 0.3) is 16.3 Å². The van der Waals surface area contributed by atoms with Crippen molar-refractivity contribution in [3.63, 3.8) is 0 Å². The Balaban J connectivity index is 2.18. The summed E-state index contributed by atoms with van der Waals surface area (Å²) in [6.07, 6.45) is 0. The molecule has 0 saturated heterocycles. The Morgan fingerprint density at radius 2 is 2.11 bits per heavy atom. The van der Waals surface area contributed by atoms with Gasteiger partial charge in [0.1, 0.15) is 5.82 Å². The topological polar surface area (TPSA) is 112 Å². The van der Waals surface area contributed by atoms with E-state index in [0.717, 1.165) is 11.3 Å². The van der Waals surface area contributed by atoms with Crippen molar-refractivity contribution in [3.05, 3.63) is 34.4 Å². The summed E-state index contributed by atoms with van der Waals surface area (Å²) in [5.41, 5.74) is 6.13. The van der Waals surface area contributed by atoms with Crippen LogP contribution in [0.5, 0.6) is 0 Å². The van der Waals surface area contributed by atoms with Crippen molar-refractivity contribution in [1.29, 1.82) is 0 Å². The summed E-state index contributed by atoms with van der Waals surface area (Å²) in [6, 6.07) is 6.34. The number of fused-ring (bicyclic) bond motifs is 1. The quantitative estimate of drug-likeness (QED) is 0.551. The molecule has 2 N–H and O–H groups in total. The Kier molecular flexibility index (Phi) is 2.20. The lowest BCUT2D eigenvalue weighted by Crippen LogP contribution is -1.98. The van der Waals surface area contributed by atoms with E-state index in [9.17, 15) is 10.1 Å². The fourth-order valence-electron chi connectivity index (χ4n) is 1.50. The summed E-state index contributed by atoms with van der Waals surface area (Å²) in [5.74, 6) is 0.769. The molecule has 0 radical (unpaired) electrons. The lowest BCUT2D eigenvalue weighted by Gasteiger charge is -1.96. The molecule has 0 amide bonds. The second-order valence-electron chi connectivity index (χ2n) is 3.45. The van der Waals surface area contributed by atoms with Crippen LogP contribution in [0.3, 0.4) is 0 Å². The van der Waals surface area contributed by atoms with Gasteiger partial charge in [0.25, 0.3) is 0 Å². The van der Waals surface area contributed by atoms with E-state index in [4.69, 9.17) is 5.73 Å². The molecule has 3 rings (SSSR count). The van der Waals surface area contributed by atoms with Crippen molar-refractivity contribution in [3.8, 4) is 10.7 Å². The van der Waals surface area contributed by atoms with E-state index in [1.165, 1.54) is 10.6 Å². The summed E-state index contributed by atoms with van der Waals surface area (Å²) in [6.45, 7) is 0. The van der Waals surface area contributed by atoms with Gasteiger partial charge in [0.2, 0.25) is 0 Å². The van der Waals surface area contributed by atoms with Gasteiger partial charge >= 0.3 is 5.00 Å². The molecular formula is C9H6N6O2S. The van der Waals surface area contributed by atoms with Crippen LogP contribution in [0.1, 0.15) is 0 Å². The third-order valence-electron chi connectivity index (χ3n) is 2.28. The monoisotopic (exact) mass is 262 g/mol. The van der Waals surface area contributed by atoms with Crippen molar-refractivity contribution >= 4 is 27.8 Å². The summed E-state index contributed by atoms with van der Waals surface area (Å²) in [4.78, 5) is 10.8. The van der Waals surface area contributed by atoms with Gasteiger partial charge < -0.3 is 5.73 Å². The first-order valence-corrected chi connectivity index (χ1v) is 5.69. The molecule has 0 spiro atoms. The Morgan fingerprint density at radius 3 is 2.83 bits per heavy atom. The van der Waals surface area contributed by atoms with E-state index in [-0.39, 0.29) is 5.00 Å². The molecule has 3 aromatic heterocycles. The zero-order chi connectivity index (χ0) is 12.7. The third kappa shape index (κ3) is 1.57. The molecule has 18 heavy (non-hydrogen) atoms. The molecule has 8 nitrogen and oxygen atoms in total. The first-order chi connectivity index (χ1) is 8.65. The number of hydrogen-bond acceptors (Lipinski definition) is 7. The van der Waals surface area contributed by atoms with E-state index < -0.39 is 4.92 Å². The maximum absolute atomic E-state index is 10.6. The summed E-state index contributed by atoms with van der Waals surface area (Å²) < 4.78 is 1.46. The van der Waals surface area contributed by atoms with Crippen LogP contribution in [0.15, 0.2) is 24.3 Å². The van der Waals surface area contributed by atoms with Crippen molar-refractivity contribution in [2.45, 2.75) is 0 Å². The van der Waals surface area contributed by atoms with Crippen molar-refractivity contribution in [2.75, 3.05) is 5.73 Å². The average Bonchev–Trinajstić information content (AvgIpc) is 2.93. The molecule has 0 aliphatic rings. The molecule has 3 heterocycles. The highest BCUT2D eigenvalue weighted by molar-refractivity contribution is 7.18. The fourth-order valence-corrected chi connectivity index (χ4v) is 2.29. The van der Waals surface area contributed by atoms with E-state index in [1.54, 1.807) is 18.2 Å². The number of nitro groups is 1. The lowest BCUT2D eigenvalue weighted by molar-refractivity contribution is -0.380. The van der Waals surface area contributed by atoms with Crippen LogP contribution in [0, 0.1) is 10.1 Å². The average molecular weight is 262 g/mol. The molecular weight excluding hydrogens is 256 g/mol. The molecule has 0 saturated carbocycles. The summed E-state index contributed by atoms with van der Waals surface area (Å²) in [7, 11) is 0. The number of nitrogen functional groups attached to an aromatic ring is 1. The largest absolute Gasteiger partial charge is 0.382 e. The first-order valence-electron chi connectivity index (χ1n) is 4.88. The van der Waals surface area contributed by atoms with Gasteiger partial charge in [-0.3, -0.25) is 10.1 Å². The van der Waals surface area contributed by atoms with Crippen molar-refractivity contribution in [1.82, 2.24) is 19.8 Å². The lowest BCUT2D eigenvalue weighted by atomic mass is 10.4. The Hall–Kier alpha value is -2.55. The Bertz CT molecular complexity index is 748. The van der Waals surface area contributed by atoms with Gasteiger partial charge in [-0.25, -0.2) is 0 Å². The van der Waals surface area contributed by atoms with Crippen LogP contribution in [-0.4, -0.2) is 24.7 Å². The number of aromatic nitrogens is 4. The van der Waals surface area contributed by atoms with Gasteiger partial charge in [-0.05, 0) is 18.2 Å². The summed E-state index contributed by atoms with van der Waals surface area (Å²) in [5, 5.41) is 22.6. The molecule has 0 fully saturated rings. The van der Waals surface area contributed by atoms with E-state index in [2.05, 4.69) is 15.3 Å². The fraction of sp³-hybridized carbons (Fsp3) is 0. The van der Waals surface area contributed by atoms with Crippen LogP contribution in [-0.2, 0) is 0 Å². The highest BCUT2D eigenvalue weighted by Crippen LogP contribution is 2.31. The second-order valence-corrected chi connectivity index (χ2v) is 4.51. The maximum atomic E-state index is 10.6. The molecule has 0 unspecified atom stereocenters. The van der Waals surface area contributed by atoms with Crippen LogP contribution in [0.4, 0.5) is 10.8 Å². The molecule has 0 aromatic carbocycles. The van der Waals surface area contributed by atoms with Crippen LogP contribution in [0.2, 0.25) is 0 Å². The molecule has 0 aliphatic heterocycles. The minimum atomic E-state index is -0.445. The van der Waals surface area contributed by atoms with Crippen molar-refractivity contribution < 1.29 is 4.92 Å². The number of nitrogens with two attached hydrogens (primary N) is 1. The zero-order valence-electron chi connectivity index (χ0n) is 8.85. The number of nitrogens with zero attached hydrogens (tertiary/aromatic N) is 5. The van der Waals surface area contributed by atoms with Gasteiger partial charge in [0, 0.05) is 6.07 Å². The van der Waals surface area contributed by atoms with Crippen molar-refractivity contribution in [2.24, 2.45) is 0 Å². The molecule has 0 aliphatic carbocycles. The minimum absolute atomic E-state index is 0.0469. The standard InChI is InChI=1S/C9H6N6O2S/c10-6-2-3-7-11-12-9(14(7)13-6)5-1-4-8(18-5)15(16)17/h1-4H,(H2,10,13). The summed E-state index contributed by atoms with van der Waals surface area (Å²) >= 11 is 1.02. The molecule has 3 aromatic rings. The highest BCUT2D eigenvalue weighted by Gasteiger charge is 2.16. The number of hydrogen-bond donors (Lipinski definition) is 1. The number of rotatable bonds is 2. The molecule has 0 bridgehead atoms. The number of anilines is 1. The Morgan fingerprint density at radius 1 is 1.28 bits per heavy atom. The minimum Gasteiger partial charge on any atom is -0.382 e.